The lowest BCUT2D eigenvalue weighted by molar-refractivity contribution is 0.324. The van der Waals surface area contributed by atoms with Gasteiger partial charge in [-0.25, -0.2) is 9.97 Å². The normalized spacial score (nSPS) is 9.80. The smallest absolute Gasteiger partial charge is 0.236 e. The van der Waals surface area contributed by atoms with Crippen LogP contribution < -0.4 is 11.1 Å². The summed E-state index contributed by atoms with van der Waals surface area (Å²) in [4.78, 5) is 7.87. The first-order valence-electron chi connectivity index (χ1n) is 4.32. The Labute approximate surface area is 92.3 Å². The highest BCUT2D eigenvalue weighted by molar-refractivity contribution is 6.31. The van der Waals surface area contributed by atoms with Gasteiger partial charge in [-0.15, -0.1) is 0 Å². The fraction of sp³-hybridized carbons (Fsp3) is 0.375. The standard InChI is InChI=1S/C8H12ClN5O/c1-3-15-7(11)4-6(10)14-8(12-2)5(9)13-4/h11H,3H2,1-2H3,(H3,10,12,14). The first-order chi connectivity index (χ1) is 7.10. The van der Waals surface area contributed by atoms with Crippen molar-refractivity contribution in [2.24, 2.45) is 0 Å². The predicted octanol–water partition coefficient (Wildman–Crippen LogP) is 1.12. The zero-order valence-corrected chi connectivity index (χ0v) is 9.22. The molecule has 0 aromatic carbocycles. The summed E-state index contributed by atoms with van der Waals surface area (Å²) in [7, 11) is 1.66. The van der Waals surface area contributed by atoms with Crippen molar-refractivity contribution in [3.05, 3.63) is 10.8 Å². The summed E-state index contributed by atoms with van der Waals surface area (Å²) in [6, 6.07) is 0. The maximum Gasteiger partial charge on any atom is 0.236 e. The number of anilines is 2. The van der Waals surface area contributed by atoms with Crippen molar-refractivity contribution in [2.45, 2.75) is 6.92 Å². The summed E-state index contributed by atoms with van der Waals surface area (Å²) in [5, 5.41) is 10.4. The van der Waals surface area contributed by atoms with Gasteiger partial charge in [0.15, 0.2) is 22.5 Å². The van der Waals surface area contributed by atoms with Crippen LogP contribution in [0.15, 0.2) is 0 Å². The van der Waals surface area contributed by atoms with Crippen LogP contribution in [0.5, 0.6) is 0 Å². The van der Waals surface area contributed by atoms with Gasteiger partial charge in [-0.2, -0.15) is 0 Å². The monoisotopic (exact) mass is 229 g/mol. The van der Waals surface area contributed by atoms with Gasteiger partial charge >= 0.3 is 0 Å². The van der Waals surface area contributed by atoms with Crippen molar-refractivity contribution >= 4 is 29.1 Å². The maximum atomic E-state index is 7.51. The molecule has 0 aliphatic heterocycles. The summed E-state index contributed by atoms with van der Waals surface area (Å²) in [5.74, 6) is 0.358. The Morgan fingerprint density at radius 2 is 2.27 bits per heavy atom. The highest BCUT2D eigenvalue weighted by atomic mass is 35.5. The Balaban J connectivity index is 3.10. The predicted molar refractivity (Wildman–Crippen MR) is 59.5 cm³/mol. The molecule has 0 amide bonds. The van der Waals surface area contributed by atoms with Gasteiger partial charge < -0.3 is 15.8 Å². The van der Waals surface area contributed by atoms with Gasteiger partial charge in [0.2, 0.25) is 5.90 Å². The number of aromatic nitrogens is 2. The number of hydrogen-bond acceptors (Lipinski definition) is 6. The number of ether oxygens (including phenoxy) is 1. The molecule has 0 saturated carbocycles. The van der Waals surface area contributed by atoms with E-state index in [-0.39, 0.29) is 22.6 Å². The van der Waals surface area contributed by atoms with E-state index in [9.17, 15) is 0 Å². The topological polar surface area (TPSA) is 96.9 Å². The molecule has 7 heteroatoms. The molecule has 4 N–H and O–H groups in total. The van der Waals surface area contributed by atoms with Crippen molar-refractivity contribution in [3.63, 3.8) is 0 Å². The van der Waals surface area contributed by atoms with Crippen molar-refractivity contribution < 1.29 is 4.74 Å². The van der Waals surface area contributed by atoms with E-state index >= 15 is 0 Å². The second kappa shape index (κ2) is 4.79. The molecule has 0 atom stereocenters. The molecule has 82 valence electrons. The molecule has 0 bridgehead atoms. The number of nitrogens with zero attached hydrogens (tertiary/aromatic N) is 2. The summed E-state index contributed by atoms with van der Waals surface area (Å²) in [6.07, 6.45) is 0. The lowest BCUT2D eigenvalue weighted by Crippen LogP contribution is -2.13. The van der Waals surface area contributed by atoms with Crippen LogP contribution in [-0.2, 0) is 4.74 Å². The van der Waals surface area contributed by atoms with Crippen molar-refractivity contribution in [1.82, 2.24) is 9.97 Å². The SMILES string of the molecule is CCOC(=N)c1nc(Cl)c(NC)nc1N. The summed E-state index contributed by atoms with van der Waals surface area (Å²) in [6.45, 7) is 2.13. The molecule has 0 unspecified atom stereocenters. The third-order valence-electron chi connectivity index (χ3n) is 1.62. The van der Waals surface area contributed by atoms with E-state index in [0.29, 0.717) is 12.4 Å². The third-order valence-corrected chi connectivity index (χ3v) is 1.88. The van der Waals surface area contributed by atoms with Crippen LogP contribution in [0.25, 0.3) is 0 Å². The van der Waals surface area contributed by atoms with Crippen molar-refractivity contribution in [2.75, 3.05) is 24.7 Å². The average molecular weight is 230 g/mol. The Kier molecular flexibility index (Phi) is 3.68. The molecular weight excluding hydrogens is 218 g/mol. The Bertz CT molecular complexity index is 382. The number of rotatable bonds is 3. The lowest BCUT2D eigenvalue weighted by atomic mass is 10.4. The van der Waals surface area contributed by atoms with Gasteiger partial charge in [0.25, 0.3) is 0 Å². The molecule has 1 aromatic rings. The molecule has 15 heavy (non-hydrogen) atoms. The molecule has 0 aliphatic rings. The van der Waals surface area contributed by atoms with E-state index in [0.717, 1.165) is 0 Å². The van der Waals surface area contributed by atoms with Crippen molar-refractivity contribution in [3.8, 4) is 0 Å². The molecule has 1 aromatic heterocycles. The van der Waals surface area contributed by atoms with E-state index in [4.69, 9.17) is 27.5 Å². The largest absolute Gasteiger partial charge is 0.477 e. The lowest BCUT2D eigenvalue weighted by Gasteiger charge is -2.09. The van der Waals surface area contributed by atoms with Gasteiger partial charge in [0.05, 0.1) is 6.61 Å². The highest BCUT2D eigenvalue weighted by Gasteiger charge is 2.14. The molecular formula is C8H12ClN5O. The second-order valence-electron chi connectivity index (χ2n) is 2.61. The molecule has 1 rings (SSSR count). The molecule has 0 saturated heterocycles. The fourth-order valence-electron chi connectivity index (χ4n) is 0.967. The molecule has 0 fully saturated rings. The molecule has 0 radical (unpaired) electrons. The van der Waals surface area contributed by atoms with Gasteiger partial charge in [-0.1, -0.05) is 11.6 Å². The number of nitrogens with one attached hydrogen (secondary N) is 2. The molecule has 6 nitrogen and oxygen atoms in total. The molecule has 1 heterocycles. The van der Waals surface area contributed by atoms with Crippen LogP contribution in [0.3, 0.4) is 0 Å². The van der Waals surface area contributed by atoms with E-state index in [1.54, 1.807) is 14.0 Å². The summed E-state index contributed by atoms with van der Waals surface area (Å²) in [5.41, 5.74) is 5.76. The Morgan fingerprint density at radius 3 is 2.80 bits per heavy atom. The van der Waals surface area contributed by atoms with Gasteiger partial charge in [-0.05, 0) is 6.92 Å². The number of nitrogens with two attached hydrogens (primary N) is 1. The number of nitrogen functional groups attached to an aromatic ring is 1. The minimum atomic E-state index is -0.132. The first kappa shape index (κ1) is 11.5. The Morgan fingerprint density at radius 1 is 1.60 bits per heavy atom. The van der Waals surface area contributed by atoms with Crippen LogP contribution in [0.4, 0.5) is 11.6 Å². The molecule has 0 aliphatic carbocycles. The quantitative estimate of drug-likeness (QED) is 0.533. The van der Waals surface area contributed by atoms with Crippen LogP contribution in [0, 0.1) is 5.41 Å². The summed E-state index contributed by atoms with van der Waals surface area (Å²) < 4.78 is 4.96. The van der Waals surface area contributed by atoms with Crippen LogP contribution in [0.1, 0.15) is 12.6 Å². The summed E-state index contributed by atoms with van der Waals surface area (Å²) >= 11 is 5.80. The van der Waals surface area contributed by atoms with E-state index in [1.165, 1.54) is 0 Å². The fourth-order valence-corrected chi connectivity index (χ4v) is 1.19. The zero-order chi connectivity index (χ0) is 11.4. The number of halogens is 1. The Hall–Kier alpha value is -1.56. The van der Waals surface area contributed by atoms with Crippen LogP contribution >= 0.6 is 11.6 Å². The second-order valence-corrected chi connectivity index (χ2v) is 2.97. The highest BCUT2D eigenvalue weighted by Crippen LogP contribution is 2.20. The molecule has 0 spiro atoms. The van der Waals surface area contributed by atoms with Crippen LogP contribution in [0.2, 0.25) is 5.15 Å². The number of hydrogen-bond donors (Lipinski definition) is 3. The van der Waals surface area contributed by atoms with E-state index < -0.39 is 0 Å². The minimum Gasteiger partial charge on any atom is -0.477 e. The van der Waals surface area contributed by atoms with Crippen LogP contribution in [-0.4, -0.2) is 29.5 Å². The average Bonchev–Trinajstić information content (AvgIpc) is 2.21. The van der Waals surface area contributed by atoms with Gasteiger partial charge in [-0.3, -0.25) is 5.41 Å². The van der Waals surface area contributed by atoms with Crippen molar-refractivity contribution in [1.29, 1.82) is 5.41 Å². The third kappa shape index (κ3) is 2.47. The van der Waals surface area contributed by atoms with Gasteiger partial charge in [0, 0.05) is 7.05 Å². The first-order valence-corrected chi connectivity index (χ1v) is 4.70. The van der Waals surface area contributed by atoms with E-state index in [2.05, 4.69) is 15.3 Å². The minimum absolute atomic E-state index is 0.113. The maximum absolute atomic E-state index is 7.51. The zero-order valence-electron chi connectivity index (χ0n) is 8.47. The van der Waals surface area contributed by atoms with Gasteiger partial charge in [0.1, 0.15) is 0 Å². The van der Waals surface area contributed by atoms with E-state index in [1.807, 2.05) is 0 Å².